The van der Waals surface area contributed by atoms with E-state index in [2.05, 4.69) is 11.6 Å². The SMILES string of the molecule is CSCCCCCCNC(=O)CC(C)(C)CC(=O)O. The highest BCUT2D eigenvalue weighted by atomic mass is 32.2. The molecular weight excluding hydrogens is 262 g/mol. The molecule has 0 aromatic heterocycles. The van der Waals surface area contributed by atoms with E-state index in [0.29, 0.717) is 6.54 Å². The molecule has 0 saturated heterocycles. The van der Waals surface area contributed by atoms with Gasteiger partial charge in [0.05, 0.1) is 6.42 Å². The van der Waals surface area contributed by atoms with E-state index < -0.39 is 11.4 Å². The van der Waals surface area contributed by atoms with Crippen LogP contribution in [0.25, 0.3) is 0 Å². The van der Waals surface area contributed by atoms with Gasteiger partial charge in [0.1, 0.15) is 0 Å². The Morgan fingerprint density at radius 3 is 2.32 bits per heavy atom. The van der Waals surface area contributed by atoms with Gasteiger partial charge in [-0.25, -0.2) is 0 Å². The van der Waals surface area contributed by atoms with Gasteiger partial charge in [0.2, 0.25) is 5.91 Å². The molecule has 0 aliphatic rings. The van der Waals surface area contributed by atoms with Crippen LogP contribution >= 0.6 is 11.8 Å². The molecule has 0 bridgehead atoms. The first-order chi connectivity index (χ1) is 8.87. The highest BCUT2D eigenvalue weighted by molar-refractivity contribution is 7.98. The van der Waals surface area contributed by atoms with E-state index in [4.69, 9.17) is 5.11 Å². The minimum absolute atomic E-state index is 0.0229. The standard InChI is InChI=1S/C14H27NO3S/c1-14(2,11-13(17)18)10-12(16)15-8-6-4-5-7-9-19-3/h4-11H2,1-3H3,(H,15,16)(H,17,18). The molecule has 0 aliphatic heterocycles. The van der Waals surface area contributed by atoms with Crippen LogP contribution in [-0.4, -0.2) is 35.5 Å². The molecule has 19 heavy (non-hydrogen) atoms. The van der Waals surface area contributed by atoms with Crippen LogP contribution in [0.4, 0.5) is 0 Å². The molecule has 4 nitrogen and oxygen atoms in total. The first-order valence-electron chi connectivity index (χ1n) is 6.85. The molecule has 112 valence electrons. The van der Waals surface area contributed by atoms with E-state index in [1.165, 1.54) is 18.6 Å². The summed E-state index contributed by atoms with van der Waals surface area (Å²) in [5, 5.41) is 11.6. The molecule has 0 rings (SSSR count). The van der Waals surface area contributed by atoms with Crippen LogP contribution in [0.3, 0.4) is 0 Å². The van der Waals surface area contributed by atoms with Crippen molar-refractivity contribution < 1.29 is 14.7 Å². The van der Waals surface area contributed by atoms with E-state index in [9.17, 15) is 9.59 Å². The van der Waals surface area contributed by atoms with Crippen molar-refractivity contribution in [3.8, 4) is 0 Å². The lowest BCUT2D eigenvalue weighted by Crippen LogP contribution is -2.30. The Morgan fingerprint density at radius 1 is 1.11 bits per heavy atom. The summed E-state index contributed by atoms with van der Waals surface area (Å²) in [7, 11) is 0. The van der Waals surface area contributed by atoms with Crippen LogP contribution in [0.1, 0.15) is 52.4 Å². The van der Waals surface area contributed by atoms with Gasteiger partial charge in [0.15, 0.2) is 0 Å². The molecule has 5 heteroatoms. The van der Waals surface area contributed by atoms with Crippen molar-refractivity contribution in [1.82, 2.24) is 5.32 Å². The smallest absolute Gasteiger partial charge is 0.303 e. The maximum absolute atomic E-state index is 11.7. The fourth-order valence-corrected chi connectivity index (χ4v) is 2.41. The van der Waals surface area contributed by atoms with E-state index in [1.807, 2.05) is 25.6 Å². The maximum Gasteiger partial charge on any atom is 0.303 e. The normalized spacial score (nSPS) is 11.3. The Hall–Kier alpha value is -0.710. The lowest BCUT2D eigenvalue weighted by molar-refractivity contribution is -0.139. The highest BCUT2D eigenvalue weighted by Gasteiger charge is 2.24. The molecule has 0 spiro atoms. The number of rotatable bonds is 11. The third-order valence-corrected chi connectivity index (χ3v) is 3.56. The van der Waals surface area contributed by atoms with Crippen molar-refractivity contribution in [2.75, 3.05) is 18.6 Å². The molecule has 0 heterocycles. The van der Waals surface area contributed by atoms with Crippen LogP contribution in [0, 0.1) is 5.41 Å². The Labute approximate surface area is 120 Å². The van der Waals surface area contributed by atoms with Crippen molar-refractivity contribution in [2.24, 2.45) is 5.41 Å². The molecular formula is C14H27NO3S. The third kappa shape index (κ3) is 12.1. The van der Waals surface area contributed by atoms with Crippen molar-refractivity contribution in [3.05, 3.63) is 0 Å². The molecule has 1 amide bonds. The lowest BCUT2D eigenvalue weighted by Gasteiger charge is -2.21. The zero-order chi connectivity index (χ0) is 14.7. The molecule has 0 aromatic rings. The second-order valence-electron chi connectivity index (χ2n) is 5.67. The van der Waals surface area contributed by atoms with Gasteiger partial charge in [0.25, 0.3) is 0 Å². The molecule has 0 atom stereocenters. The topological polar surface area (TPSA) is 66.4 Å². The average molecular weight is 289 g/mol. The van der Waals surface area contributed by atoms with E-state index in [0.717, 1.165) is 12.8 Å². The Morgan fingerprint density at radius 2 is 1.74 bits per heavy atom. The number of amides is 1. The number of aliphatic carboxylic acids is 1. The number of carboxylic acid groups (broad SMARTS) is 1. The summed E-state index contributed by atoms with van der Waals surface area (Å²) in [5.74, 6) is 0.303. The number of hydrogen-bond donors (Lipinski definition) is 2. The number of unbranched alkanes of at least 4 members (excludes halogenated alkanes) is 3. The number of thioether (sulfide) groups is 1. The van der Waals surface area contributed by atoms with E-state index in [-0.39, 0.29) is 18.7 Å². The monoisotopic (exact) mass is 289 g/mol. The fraction of sp³-hybridized carbons (Fsp3) is 0.857. The van der Waals surface area contributed by atoms with Crippen molar-refractivity contribution in [2.45, 2.75) is 52.4 Å². The third-order valence-electron chi connectivity index (χ3n) is 2.87. The van der Waals surface area contributed by atoms with Crippen LogP contribution in [-0.2, 0) is 9.59 Å². The summed E-state index contributed by atoms with van der Waals surface area (Å²) in [4.78, 5) is 22.3. The second-order valence-corrected chi connectivity index (χ2v) is 6.65. The molecule has 0 fully saturated rings. The van der Waals surface area contributed by atoms with Gasteiger partial charge >= 0.3 is 5.97 Å². The highest BCUT2D eigenvalue weighted by Crippen LogP contribution is 2.24. The van der Waals surface area contributed by atoms with Gasteiger partial charge in [0, 0.05) is 13.0 Å². The molecule has 0 aliphatic carbocycles. The molecule has 0 aromatic carbocycles. The number of carbonyl (C=O) groups excluding carboxylic acids is 1. The van der Waals surface area contributed by atoms with Crippen molar-refractivity contribution in [3.63, 3.8) is 0 Å². The fourth-order valence-electron chi connectivity index (χ4n) is 1.92. The summed E-state index contributed by atoms with van der Waals surface area (Å²) >= 11 is 1.86. The Kier molecular flexibility index (Phi) is 9.74. The van der Waals surface area contributed by atoms with Gasteiger partial charge in [-0.3, -0.25) is 9.59 Å². The summed E-state index contributed by atoms with van der Waals surface area (Å²) in [5.41, 5.74) is -0.478. The van der Waals surface area contributed by atoms with Crippen LogP contribution in [0.5, 0.6) is 0 Å². The molecule has 0 radical (unpaired) electrons. The molecule has 0 unspecified atom stereocenters. The van der Waals surface area contributed by atoms with Gasteiger partial charge in [-0.2, -0.15) is 11.8 Å². The van der Waals surface area contributed by atoms with Gasteiger partial charge < -0.3 is 10.4 Å². The molecule has 2 N–H and O–H groups in total. The van der Waals surface area contributed by atoms with Crippen molar-refractivity contribution >= 4 is 23.6 Å². The maximum atomic E-state index is 11.7. The number of carbonyl (C=O) groups is 2. The quantitative estimate of drug-likeness (QED) is 0.574. The summed E-state index contributed by atoms with van der Waals surface area (Å²) in [6.07, 6.45) is 6.99. The number of hydrogen-bond acceptors (Lipinski definition) is 3. The Bertz CT molecular complexity index is 280. The van der Waals surface area contributed by atoms with Crippen molar-refractivity contribution in [1.29, 1.82) is 0 Å². The lowest BCUT2D eigenvalue weighted by atomic mass is 9.85. The van der Waals surface area contributed by atoms with Gasteiger partial charge in [-0.1, -0.05) is 26.7 Å². The van der Waals surface area contributed by atoms with Crippen LogP contribution < -0.4 is 5.32 Å². The zero-order valence-corrected chi connectivity index (χ0v) is 13.1. The first kappa shape index (κ1) is 18.3. The minimum atomic E-state index is -0.855. The minimum Gasteiger partial charge on any atom is -0.481 e. The average Bonchev–Trinajstić information content (AvgIpc) is 2.25. The van der Waals surface area contributed by atoms with Crippen LogP contribution in [0.15, 0.2) is 0 Å². The summed E-state index contributed by atoms with van der Waals surface area (Å²) < 4.78 is 0. The van der Waals surface area contributed by atoms with Crippen LogP contribution in [0.2, 0.25) is 0 Å². The predicted molar refractivity (Wildman–Crippen MR) is 80.5 cm³/mol. The van der Waals surface area contributed by atoms with E-state index in [1.54, 1.807) is 0 Å². The second kappa shape index (κ2) is 10.1. The summed E-state index contributed by atoms with van der Waals surface area (Å²) in [6.45, 7) is 4.31. The Balaban J connectivity index is 3.61. The van der Waals surface area contributed by atoms with Gasteiger partial charge in [-0.15, -0.1) is 0 Å². The van der Waals surface area contributed by atoms with E-state index >= 15 is 0 Å². The molecule has 0 saturated carbocycles. The summed E-state index contributed by atoms with van der Waals surface area (Å²) in [6, 6.07) is 0. The first-order valence-corrected chi connectivity index (χ1v) is 8.24. The number of carboxylic acids is 1. The van der Waals surface area contributed by atoms with Gasteiger partial charge in [-0.05, 0) is 30.3 Å². The largest absolute Gasteiger partial charge is 0.481 e. The predicted octanol–water partition coefficient (Wildman–Crippen LogP) is 2.92. The number of nitrogens with one attached hydrogen (secondary N) is 1. The zero-order valence-electron chi connectivity index (χ0n) is 12.3.